The SMILES string of the molecule is CC\C=C/C=C\C=C/CCCCCCCCCC(=O)OCC(COC(=O)CCCCCCCCCCCCCCCCCCC)OC(=O)CCCCCCCCCCCCCCCCCC. The Balaban J connectivity index is 4.33. The fourth-order valence-corrected chi connectivity index (χ4v) is 8.62. The molecule has 0 amide bonds. The van der Waals surface area contributed by atoms with E-state index in [0.29, 0.717) is 19.3 Å². The molecule has 0 aromatic carbocycles. The Hall–Kier alpha value is -2.37. The van der Waals surface area contributed by atoms with Crippen molar-refractivity contribution in [2.75, 3.05) is 13.2 Å². The van der Waals surface area contributed by atoms with Crippen molar-refractivity contribution in [1.82, 2.24) is 0 Å². The van der Waals surface area contributed by atoms with E-state index in [1.165, 1.54) is 199 Å². The summed E-state index contributed by atoms with van der Waals surface area (Å²) in [5.41, 5.74) is 0. The van der Waals surface area contributed by atoms with Gasteiger partial charge in [-0.25, -0.2) is 0 Å². The molecule has 0 spiro atoms. The third-order valence-electron chi connectivity index (χ3n) is 13.0. The number of carbonyl (C=O) groups is 3. The van der Waals surface area contributed by atoms with E-state index in [-0.39, 0.29) is 31.1 Å². The highest BCUT2D eigenvalue weighted by Crippen LogP contribution is 2.17. The summed E-state index contributed by atoms with van der Waals surface area (Å²) in [6.45, 7) is 6.55. The molecule has 0 aliphatic carbocycles. The van der Waals surface area contributed by atoms with Gasteiger partial charge in [-0.3, -0.25) is 14.4 Å². The monoisotopic (exact) mass is 927 g/mol. The number of carbonyl (C=O) groups excluding carboxylic acids is 3. The Morgan fingerprint density at radius 2 is 0.591 bits per heavy atom. The van der Waals surface area contributed by atoms with E-state index in [4.69, 9.17) is 14.2 Å². The smallest absolute Gasteiger partial charge is 0.306 e. The van der Waals surface area contributed by atoms with Gasteiger partial charge in [-0.05, 0) is 38.5 Å². The topological polar surface area (TPSA) is 78.9 Å². The van der Waals surface area contributed by atoms with Crippen LogP contribution in [-0.4, -0.2) is 37.2 Å². The molecule has 0 N–H and O–H groups in total. The molecule has 0 aromatic heterocycles. The second kappa shape index (κ2) is 55.2. The minimum atomic E-state index is -0.772. The summed E-state index contributed by atoms with van der Waals surface area (Å²) in [5.74, 6) is -0.863. The summed E-state index contributed by atoms with van der Waals surface area (Å²) >= 11 is 0. The van der Waals surface area contributed by atoms with Crippen LogP contribution in [0.4, 0.5) is 0 Å². The highest BCUT2D eigenvalue weighted by molar-refractivity contribution is 5.71. The van der Waals surface area contributed by atoms with E-state index in [9.17, 15) is 14.4 Å². The van der Waals surface area contributed by atoms with Gasteiger partial charge in [0.1, 0.15) is 13.2 Å². The van der Waals surface area contributed by atoms with Gasteiger partial charge >= 0.3 is 17.9 Å². The molecule has 0 radical (unpaired) electrons. The second-order valence-corrected chi connectivity index (χ2v) is 19.6. The number of rotatable bonds is 53. The lowest BCUT2D eigenvalue weighted by molar-refractivity contribution is -0.167. The lowest BCUT2D eigenvalue weighted by atomic mass is 10.0. The van der Waals surface area contributed by atoms with Crippen LogP contribution < -0.4 is 0 Å². The Labute approximate surface area is 410 Å². The lowest BCUT2D eigenvalue weighted by Gasteiger charge is -2.18. The molecule has 1 unspecified atom stereocenters. The molecule has 6 heteroatoms. The molecule has 66 heavy (non-hydrogen) atoms. The molecule has 1 atom stereocenters. The van der Waals surface area contributed by atoms with Gasteiger partial charge in [0.2, 0.25) is 0 Å². The van der Waals surface area contributed by atoms with Crippen molar-refractivity contribution in [1.29, 1.82) is 0 Å². The second-order valence-electron chi connectivity index (χ2n) is 19.6. The van der Waals surface area contributed by atoms with E-state index in [2.05, 4.69) is 57.2 Å². The van der Waals surface area contributed by atoms with Gasteiger partial charge in [-0.2, -0.15) is 0 Å². The minimum absolute atomic E-state index is 0.0709. The van der Waals surface area contributed by atoms with Gasteiger partial charge in [0.25, 0.3) is 0 Å². The Morgan fingerprint density at radius 1 is 0.318 bits per heavy atom. The normalized spacial score (nSPS) is 12.2. The average Bonchev–Trinajstić information content (AvgIpc) is 3.31. The highest BCUT2D eigenvalue weighted by atomic mass is 16.6. The van der Waals surface area contributed by atoms with Crippen LogP contribution in [0.5, 0.6) is 0 Å². The first-order chi connectivity index (χ1) is 32.5. The van der Waals surface area contributed by atoms with Gasteiger partial charge in [-0.1, -0.05) is 288 Å². The zero-order chi connectivity index (χ0) is 47.9. The van der Waals surface area contributed by atoms with Crippen molar-refractivity contribution < 1.29 is 28.6 Å². The first-order valence-corrected chi connectivity index (χ1v) is 29.0. The number of hydrogen-bond acceptors (Lipinski definition) is 6. The number of esters is 3. The maximum Gasteiger partial charge on any atom is 0.306 e. The van der Waals surface area contributed by atoms with Gasteiger partial charge in [0.15, 0.2) is 6.10 Å². The minimum Gasteiger partial charge on any atom is -0.462 e. The molecule has 0 bridgehead atoms. The van der Waals surface area contributed by atoms with Crippen LogP contribution in [0.3, 0.4) is 0 Å². The van der Waals surface area contributed by atoms with E-state index < -0.39 is 6.10 Å². The summed E-state index contributed by atoms with van der Waals surface area (Å²) in [6.07, 6.45) is 65.6. The highest BCUT2D eigenvalue weighted by Gasteiger charge is 2.19. The molecule has 0 heterocycles. The molecular weight excluding hydrogens is 817 g/mol. The molecule has 0 aliphatic heterocycles. The summed E-state index contributed by atoms with van der Waals surface area (Å²) < 4.78 is 16.9. The van der Waals surface area contributed by atoms with Crippen molar-refractivity contribution in [2.24, 2.45) is 0 Å². The molecule has 0 fully saturated rings. The maximum atomic E-state index is 12.9. The fraction of sp³-hybridized carbons (Fsp3) is 0.850. The molecule has 0 aliphatic rings. The number of ether oxygens (including phenoxy) is 3. The average molecular weight is 928 g/mol. The predicted molar refractivity (Wildman–Crippen MR) is 284 cm³/mol. The molecule has 0 aromatic rings. The number of allylic oxidation sites excluding steroid dienone is 6. The standard InChI is InChI=1S/C60H110O6/c1-4-7-10-13-16-19-22-25-28-30-33-35-38-41-44-47-50-53-59(62)65-56-57(55-64-58(61)52-49-46-43-40-37-34-31-27-24-21-18-15-12-9-6-3)66-60(63)54-51-48-45-42-39-36-32-29-26-23-20-17-14-11-8-5-2/h9,12,15,18,21,24,57H,4-8,10-11,13-14,16-17,19-20,22-23,25-56H2,1-3H3/b12-9-,18-15-,24-21-. The Kier molecular flexibility index (Phi) is 53.2. The molecule has 0 saturated carbocycles. The number of hydrogen-bond donors (Lipinski definition) is 0. The summed E-state index contributed by atoms with van der Waals surface area (Å²) in [7, 11) is 0. The lowest BCUT2D eigenvalue weighted by Crippen LogP contribution is -2.30. The molecule has 6 nitrogen and oxygen atoms in total. The van der Waals surface area contributed by atoms with Gasteiger partial charge < -0.3 is 14.2 Å². The van der Waals surface area contributed by atoms with Crippen molar-refractivity contribution >= 4 is 17.9 Å². The quantitative estimate of drug-likeness (QED) is 0.0262. The maximum absolute atomic E-state index is 12.9. The van der Waals surface area contributed by atoms with Crippen molar-refractivity contribution in [3.8, 4) is 0 Å². The molecule has 386 valence electrons. The Bertz CT molecular complexity index is 1110. The Morgan fingerprint density at radius 3 is 0.909 bits per heavy atom. The van der Waals surface area contributed by atoms with E-state index in [1.54, 1.807) is 0 Å². The third kappa shape index (κ3) is 52.6. The van der Waals surface area contributed by atoms with Crippen LogP contribution in [-0.2, 0) is 28.6 Å². The van der Waals surface area contributed by atoms with Gasteiger partial charge in [0, 0.05) is 19.3 Å². The van der Waals surface area contributed by atoms with E-state index in [0.717, 1.165) is 70.6 Å². The van der Waals surface area contributed by atoms with Crippen LogP contribution in [0.25, 0.3) is 0 Å². The van der Waals surface area contributed by atoms with Crippen LogP contribution >= 0.6 is 0 Å². The van der Waals surface area contributed by atoms with Crippen molar-refractivity contribution in [3.63, 3.8) is 0 Å². The van der Waals surface area contributed by atoms with Gasteiger partial charge in [-0.15, -0.1) is 0 Å². The first-order valence-electron chi connectivity index (χ1n) is 29.0. The van der Waals surface area contributed by atoms with E-state index >= 15 is 0 Å². The van der Waals surface area contributed by atoms with Crippen LogP contribution in [0.1, 0.15) is 310 Å². The molecule has 0 rings (SSSR count). The fourth-order valence-electron chi connectivity index (χ4n) is 8.62. The molecular formula is C60H110O6. The first kappa shape index (κ1) is 63.6. The number of unbranched alkanes of at least 4 members (excludes halogenated alkanes) is 38. The van der Waals surface area contributed by atoms with Crippen molar-refractivity contribution in [2.45, 2.75) is 316 Å². The largest absolute Gasteiger partial charge is 0.462 e. The van der Waals surface area contributed by atoms with E-state index in [1.807, 2.05) is 0 Å². The summed E-state index contributed by atoms with van der Waals surface area (Å²) in [6, 6.07) is 0. The van der Waals surface area contributed by atoms with Crippen LogP contribution in [0, 0.1) is 0 Å². The predicted octanol–water partition coefficient (Wildman–Crippen LogP) is 19.3. The summed E-state index contributed by atoms with van der Waals surface area (Å²) in [5, 5.41) is 0. The molecule has 0 saturated heterocycles. The zero-order valence-electron chi connectivity index (χ0n) is 44.2. The summed E-state index contributed by atoms with van der Waals surface area (Å²) in [4.78, 5) is 38.2. The third-order valence-corrected chi connectivity index (χ3v) is 13.0. The van der Waals surface area contributed by atoms with Crippen LogP contribution in [0.15, 0.2) is 36.5 Å². The zero-order valence-corrected chi connectivity index (χ0v) is 44.2. The van der Waals surface area contributed by atoms with Crippen molar-refractivity contribution in [3.05, 3.63) is 36.5 Å². The van der Waals surface area contributed by atoms with Gasteiger partial charge in [0.05, 0.1) is 0 Å². The van der Waals surface area contributed by atoms with Crippen LogP contribution in [0.2, 0.25) is 0 Å².